The summed E-state index contributed by atoms with van der Waals surface area (Å²) in [6.07, 6.45) is 0.496. The first kappa shape index (κ1) is 23.5. The largest absolute Gasteiger partial charge is 0.497 e. The van der Waals surface area contributed by atoms with Gasteiger partial charge in [-0.3, -0.25) is 9.69 Å². The van der Waals surface area contributed by atoms with Crippen molar-refractivity contribution in [1.29, 1.82) is 0 Å². The van der Waals surface area contributed by atoms with Crippen LogP contribution in [0.3, 0.4) is 0 Å². The number of thiocarbonyl (C=S) groups is 1. The molecule has 1 aliphatic rings. The van der Waals surface area contributed by atoms with Gasteiger partial charge in [0.25, 0.3) is 0 Å². The lowest BCUT2D eigenvalue weighted by molar-refractivity contribution is -0.126. The molecule has 1 amide bonds. The van der Waals surface area contributed by atoms with Crippen molar-refractivity contribution in [2.75, 3.05) is 7.11 Å². The second-order valence-electron chi connectivity index (χ2n) is 7.49. The van der Waals surface area contributed by atoms with Crippen LogP contribution in [-0.4, -0.2) is 27.5 Å². The molecule has 0 N–H and O–H groups in total. The lowest BCUT2D eigenvalue weighted by atomic mass is 10.1. The minimum atomic E-state index is -0.322. The van der Waals surface area contributed by atoms with Gasteiger partial charge in [-0.25, -0.2) is 4.39 Å². The minimum absolute atomic E-state index is 0.0168. The van der Waals surface area contributed by atoms with E-state index in [1.54, 1.807) is 42.3 Å². The lowest BCUT2D eigenvalue weighted by Crippen LogP contribution is -2.31. The Kier molecular flexibility index (Phi) is 7.53. The maximum atomic E-state index is 13.8. The number of benzene rings is 3. The van der Waals surface area contributed by atoms with Crippen molar-refractivity contribution < 1.29 is 18.7 Å². The van der Waals surface area contributed by atoms with Crippen LogP contribution in [0.2, 0.25) is 5.02 Å². The third-order valence-corrected chi connectivity index (χ3v) is 7.14. The molecule has 1 fully saturated rings. The van der Waals surface area contributed by atoms with Crippen LogP contribution in [0.25, 0.3) is 0 Å². The highest BCUT2D eigenvalue weighted by Gasteiger charge is 2.36. The van der Waals surface area contributed by atoms with Gasteiger partial charge in [0.05, 0.1) is 23.9 Å². The van der Waals surface area contributed by atoms with Gasteiger partial charge in [0.15, 0.2) is 0 Å². The predicted octanol–water partition coefficient (Wildman–Crippen LogP) is 6.04. The molecule has 1 atom stereocenters. The molecule has 3 aromatic rings. The zero-order chi connectivity index (χ0) is 23.4. The topological polar surface area (TPSA) is 38.8 Å². The van der Waals surface area contributed by atoms with Crippen molar-refractivity contribution in [3.8, 4) is 11.5 Å². The maximum absolute atomic E-state index is 13.8. The summed E-state index contributed by atoms with van der Waals surface area (Å²) in [6, 6.07) is 19.4. The number of methoxy groups -OCH3 is 1. The average molecular weight is 502 g/mol. The summed E-state index contributed by atoms with van der Waals surface area (Å²) in [5, 5.41) is 0.106. The molecular weight excluding hydrogens is 481 g/mol. The Hall–Kier alpha value is -2.61. The van der Waals surface area contributed by atoms with Crippen LogP contribution >= 0.6 is 35.6 Å². The van der Waals surface area contributed by atoms with Gasteiger partial charge in [0.2, 0.25) is 5.91 Å². The van der Waals surface area contributed by atoms with Crippen molar-refractivity contribution in [3.05, 3.63) is 94.3 Å². The van der Waals surface area contributed by atoms with E-state index >= 15 is 0 Å². The highest BCUT2D eigenvalue weighted by atomic mass is 35.5. The number of hydrogen-bond acceptors (Lipinski definition) is 5. The van der Waals surface area contributed by atoms with Crippen molar-refractivity contribution in [3.63, 3.8) is 0 Å². The number of halogens is 2. The van der Waals surface area contributed by atoms with Gasteiger partial charge in [0.1, 0.15) is 28.2 Å². The van der Waals surface area contributed by atoms with Crippen molar-refractivity contribution in [1.82, 2.24) is 4.90 Å². The zero-order valence-corrected chi connectivity index (χ0v) is 20.2. The molecule has 0 aromatic heterocycles. The molecular formula is C25H21ClFNO3S2. The highest BCUT2D eigenvalue weighted by molar-refractivity contribution is 8.24. The van der Waals surface area contributed by atoms with Gasteiger partial charge < -0.3 is 9.47 Å². The Morgan fingerprint density at radius 1 is 1.09 bits per heavy atom. The van der Waals surface area contributed by atoms with Gasteiger partial charge in [-0.1, -0.05) is 72.0 Å². The monoisotopic (exact) mass is 501 g/mol. The van der Waals surface area contributed by atoms with Crippen LogP contribution < -0.4 is 9.47 Å². The summed E-state index contributed by atoms with van der Waals surface area (Å²) in [6.45, 7) is 0.506. The number of carbonyl (C=O) groups excluding carboxylic acids is 1. The van der Waals surface area contributed by atoms with E-state index in [2.05, 4.69) is 0 Å². The van der Waals surface area contributed by atoms with Crippen molar-refractivity contribution >= 4 is 45.8 Å². The maximum Gasteiger partial charge on any atom is 0.242 e. The number of carbonyl (C=O) groups is 1. The van der Waals surface area contributed by atoms with E-state index < -0.39 is 0 Å². The van der Waals surface area contributed by atoms with Gasteiger partial charge in [-0.15, -0.1) is 0 Å². The lowest BCUT2D eigenvalue weighted by Gasteiger charge is -2.16. The fraction of sp³-hybridized carbons (Fsp3) is 0.200. The highest BCUT2D eigenvalue weighted by Crippen LogP contribution is 2.33. The van der Waals surface area contributed by atoms with Crippen molar-refractivity contribution in [2.24, 2.45) is 0 Å². The molecule has 33 heavy (non-hydrogen) atoms. The van der Waals surface area contributed by atoms with E-state index in [1.807, 2.05) is 30.3 Å². The molecule has 1 saturated heterocycles. The van der Waals surface area contributed by atoms with Gasteiger partial charge in [-0.2, -0.15) is 0 Å². The Labute approximate surface area is 206 Å². The van der Waals surface area contributed by atoms with Crippen LogP contribution in [0.1, 0.15) is 16.7 Å². The molecule has 0 unspecified atom stereocenters. The van der Waals surface area contributed by atoms with Crippen LogP contribution in [-0.2, 0) is 24.4 Å². The smallest absolute Gasteiger partial charge is 0.242 e. The van der Waals surface area contributed by atoms with Crippen LogP contribution in [0.4, 0.5) is 4.39 Å². The molecule has 0 bridgehead atoms. The summed E-state index contributed by atoms with van der Waals surface area (Å²) in [4.78, 5) is 14.6. The molecule has 0 spiro atoms. The van der Waals surface area contributed by atoms with E-state index in [0.717, 1.165) is 16.9 Å². The zero-order valence-electron chi connectivity index (χ0n) is 17.8. The van der Waals surface area contributed by atoms with E-state index in [4.69, 9.17) is 33.3 Å². The van der Waals surface area contributed by atoms with E-state index in [0.29, 0.717) is 33.6 Å². The molecule has 0 aliphatic carbocycles. The van der Waals surface area contributed by atoms with Gasteiger partial charge in [-0.05, 0) is 47.9 Å². The van der Waals surface area contributed by atoms with E-state index in [-0.39, 0.29) is 23.6 Å². The third-order valence-electron chi connectivity index (χ3n) is 5.26. The van der Waals surface area contributed by atoms with Crippen LogP contribution in [0.5, 0.6) is 11.5 Å². The number of thioether (sulfide) groups is 1. The Morgan fingerprint density at radius 3 is 2.52 bits per heavy atom. The first-order valence-corrected chi connectivity index (χ1v) is 11.9. The second kappa shape index (κ2) is 10.5. The van der Waals surface area contributed by atoms with Crippen LogP contribution in [0, 0.1) is 5.82 Å². The fourth-order valence-electron chi connectivity index (χ4n) is 3.46. The molecule has 8 heteroatoms. The Morgan fingerprint density at radius 2 is 1.82 bits per heavy atom. The molecule has 0 saturated carbocycles. The molecule has 1 aliphatic heterocycles. The molecule has 170 valence electrons. The quantitative estimate of drug-likeness (QED) is 0.352. The number of ether oxygens (including phenoxy) is 2. The molecule has 4 nitrogen and oxygen atoms in total. The molecule has 1 heterocycles. The summed E-state index contributed by atoms with van der Waals surface area (Å²) in [7, 11) is 1.61. The second-order valence-corrected chi connectivity index (χ2v) is 9.74. The third kappa shape index (κ3) is 5.66. The first-order chi connectivity index (χ1) is 15.9. The number of nitrogens with zero attached hydrogens (tertiary/aromatic N) is 1. The van der Waals surface area contributed by atoms with E-state index in [1.165, 1.54) is 17.8 Å². The van der Waals surface area contributed by atoms with E-state index in [9.17, 15) is 9.18 Å². The molecule has 3 aromatic carbocycles. The average Bonchev–Trinajstić information content (AvgIpc) is 3.07. The Balaban J connectivity index is 1.38. The molecule has 0 radical (unpaired) electrons. The number of hydrogen-bond donors (Lipinski definition) is 0. The number of rotatable bonds is 8. The molecule has 4 rings (SSSR count). The number of amides is 1. The van der Waals surface area contributed by atoms with Crippen molar-refractivity contribution in [2.45, 2.75) is 24.8 Å². The summed E-state index contributed by atoms with van der Waals surface area (Å²) in [5.74, 6) is 0.888. The van der Waals surface area contributed by atoms with Crippen LogP contribution in [0.15, 0.2) is 66.7 Å². The van der Waals surface area contributed by atoms with Gasteiger partial charge in [0, 0.05) is 5.56 Å². The summed E-state index contributed by atoms with van der Waals surface area (Å²) < 4.78 is 25.2. The Bertz CT molecular complexity index is 1170. The first-order valence-electron chi connectivity index (χ1n) is 10.2. The standard InChI is InChI=1S/C25H21ClFNO3S2/c1-30-19-9-6-16(7-10-19)14-28-24(29)23(33-25(28)32)13-17-8-11-22(20(26)12-17)31-15-18-4-2-3-5-21(18)27/h2-12,23H,13-15H2,1H3/t23-/m0/s1. The summed E-state index contributed by atoms with van der Waals surface area (Å²) in [5.41, 5.74) is 2.33. The minimum Gasteiger partial charge on any atom is -0.497 e. The predicted molar refractivity (Wildman–Crippen MR) is 133 cm³/mol. The SMILES string of the molecule is COc1ccc(CN2C(=O)[C@H](Cc3ccc(OCc4ccccc4F)c(Cl)c3)SC2=S)cc1. The fourth-order valence-corrected chi connectivity index (χ4v) is 5.25. The normalized spacial score (nSPS) is 15.7. The summed E-state index contributed by atoms with van der Waals surface area (Å²) >= 11 is 13.2. The van der Waals surface area contributed by atoms with Gasteiger partial charge >= 0.3 is 0 Å².